The van der Waals surface area contributed by atoms with Crippen LogP contribution in [0.5, 0.6) is 0 Å². The normalized spacial score (nSPS) is 11.8. The van der Waals surface area contributed by atoms with Gasteiger partial charge in [-0.1, -0.05) is 89.4 Å². The number of nitrogens with one attached hydrogen (secondary N) is 1. The number of carbonyl (C=O) groups is 2. The third kappa shape index (κ3) is 7.84. The topological polar surface area (TPSA) is 49.4 Å². The van der Waals surface area contributed by atoms with Crippen LogP contribution in [0, 0.1) is 6.92 Å². The van der Waals surface area contributed by atoms with Crippen LogP contribution in [-0.4, -0.2) is 28.8 Å². The predicted octanol–water partition coefficient (Wildman–Crippen LogP) is 6.40. The molecule has 0 radical (unpaired) electrons. The number of rotatable bonds is 10. The maximum atomic E-state index is 13.7. The Labute approximate surface area is 218 Å². The van der Waals surface area contributed by atoms with E-state index >= 15 is 0 Å². The van der Waals surface area contributed by atoms with Gasteiger partial charge in [-0.15, -0.1) is 0 Å². The summed E-state index contributed by atoms with van der Waals surface area (Å²) in [7, 11) is 0. The Morgan fingerprint density at radius 3 is 2.09 bits per heavy atom. The van der Waals surface area contributed by atoms with E-state index in [0.717, 1.165) is 11.1 Å². The fourth-order valence-electron chi connectivity index (χ4n) is 3.94. The van der Waals surface area contributed by atoms with E-state index in [2.05, 4.69) is 5.32 Å². The molecule has 3 aromatic rings. The molecule has 35 heavy (non-hydrogen) atoms. The summed E-state index contributed by atoms with van der Waals surface area (Å²) in [6.45, 7) is 6.00. The predicted molar refractivity (Wildman–Crippen MR) is 144 cm³/mol. The second kappa shape index (κ2) is 12.8. The number of carbonyl (C=O) groups excluding carboxylic acids is 2. The zero-order valence-corrected chi connectivity index (χ0v) is 21.9. The molecule has 0 saturated heterocycles. The number of aryl methyl sites for hydroxylation is 2. The van der Waals surface area contributed by atoms with Crippen LogP contribution in [0.4, 0.5) is 0 Å². The van der Waals surface area contributed by atoms with Crippen molar-refractivity contribution in [2.24, 2.45) is 0 Å². The van der Waals surface area contributed by atoms with Crippen LogP contribution in [0.15, 0.2) is 72.8 Å². The van der Waals surface area contributed by atoms with Crippen LogP contribution in [-0.2, 0) is 29.0 Å². The van der Waals surface area contributed by atoms with Crippen LogP contribution in [0.3, 0.4) is 0 Å². The average molecular weight is 511 g/mol. The van der Waals surface area contributed by atoms with E-state index < -0.39 is 6.04 Å². The maximum Gasteiger partial charge on any atom is 0.243 e. The van der Waals surface area contributed by atoms with Crippen LogP contribution >= 0.6 is 23.2 Å². The summed E-state index contributed by atoms with van der Waals surface area (Å²) in [5, 5.41) is 3.93. The first-order chi connectivity index (χ1) is 16.7. The molecule has 0 bridgehead atoms. The van der Waals surface area contributed by atoms with Gasteiger partial charge in [0.2, 0.25) is 11.8 Å². The molecule has 1 N–H and O–H groups in total. The van der Waals surface area contributed by atoms with E-state index in [0.29, 0.717) is 28.5 Å². The van der Waals surface area contributed by atoms with Gasteiger partial charge in [-0.2, -0.15) is 0 Å². The molecule has 0 aliphatic carbocycles. The first kappa shape index (κ1) is 26.8. The highest BCUT2D eigenvalue weighted by Crippen LogP contribution is 2.27. The Balaban J connectivity index is 1.95. The SMILES string of the molecule is Cc1ccc(CCC(=O)N(Cc2c(Cl)cccc2Cl)[C@@H](Cc2ccccc2)C(=O)NC(C)C)cc1. The van der Waals surface area contributed by atoms with Crippen molar-refractivity contribution in [3.63, 3.8) is 0 Å². The van der Waals surface area contributed by atoms with E-state index in [4.69, 9.17) is 23.2 Å². The van der Waals surface area contributed by atoms with Crippen molar-refractivity contribution in [3.8, 4) is 0 Å². The van der Waals surface area contributed by atoms with Crippen LogP contribution < -0.4 is 5.32 Å². The molecule has 4 nitrogen and oxygen atoms in total. The molecular weight excluding hydrogens is 479 g/mol. The smallest absolute Gasteiger partial charge is 0.243 e. The fraction of sp³-hybridized carbons (Fsp3) is 0.310. The van der Waals surface area contributed by atoms with Gasteiger partial charge in [-0.05, 0) is 50.5 Å². The second-order valence-corrected chi connectivity index (χ2v) is 9.89. The lowest BCUT2D eigenvalue weighted by molar-refractivity contribution is -0.141. The van der Waals surface area contributed by atoms with Gasteiger partial charge < -0.3 is 10.2 Å². The van der Waals surface area contributed by atoms with E-state index in [1.54, 1.807) is 23.1 Å². The van der Waals surface area contributed by atoms with Gasteiger partial charge in [0, 0.05) is 41.0 Å². The molecule has 0 aliphatic rings. The lowest BCUT2D eigenvalue weighted by atomic mass is 10.0. The minimum absolute atomic E-state index is 0.0609. The number of halogens is 2. The van der Waals surface area contributed by atoms with Gasteiger partial charge in [0.05, 0.1) is 0 Å². The van der Waals surface area contributed by atoms with Gasteiger partial charge in [0.15, 0.2) is 0 Å². The van der Waals surface area contributed by atoms with E-state index in [9.17, 15) is 9.59 Å². The highest BCUT2D eigenvalue weighted by Gasteiger charge is 2.31. The van der Waals surface area contributed by atoms with E-state index in [1.165, 1.54) is 5.56 Å². The Kier molecular flexibility index (Phi) is 9.76. The van der Waals surface area contributed by atoms with Crippen molar-refractivity contribution >= 4 is 35.0 Å². The number of hydrogen-bond donors (Lipinski definition) is 1. The third-order valence-electron chi connectivity index (χ3n) is 5.84. The molecular formula is C29H32Cl2N2O2. The lowest BCUT2D eigenvalue weighted by Gasteiger charge is -2.32. The monoisotopic (exact) mass is 510 g/mol. The zero-order chi connectivity index (χ0) is 25.4. The quantitative estimate of drug-likeness (QED) is 0.343. The fourth-order valence-corrected chi connectivity index (χ4v) is 4.45. The largest absolute Gasteiger partial charge is 0.352 e. The highest BCUT2D eigenvalue weighted by molar-refractivity contribution is 6.36. The molecule has 3 rings (SSSR count). The number of benzene rings is 3. The zero-order valence-electron chi connectivity index (χ0n) is 20.4. The molecule has 0 saturated carbocycles. The standard InChI is InChI=1S/C29H32Cl2N2O2/c1-20(2)32-29(35)27(18-23-8-5-4-6-9-23)33(19-24-25(30)10-7-11-26(24)31)28(34)17-16-22-14-12-21(3)13-15-22/h4-15,20,27H,16-19H2,1-3H3,(H,32,35)/t27-/m0/s1. The second-order valence-electron chi connectivity index (χ2n) is 9.08. The van der Waals surface area contributed by atoms with Crippen molar-refractivity contribution in [2.45, 2.75) is 58.7 Å². The van der Waals surface area contributed by atoms with Gasteiger partial charge in [-0.25, -0.2) is 0 Å². The molecule has 0 heterocycles. The van der Waals surface area contributed by atoms with Gasteiger partial charge >= 0.3 is 0 Å². The van der Waals surface area contributed by atoms with Crippen LogP contribution in [0.2, 0.25) is 10.0 Å². The van der Waals surface area contributed by atoms with Crippen molar-refractivity contribution < 1.29 is 9.59 Å². The Hall–Kier alpha value is -2.82. The molecule has 6 heteroatoms. The number of amides is 2. The van der Waals surface area contributed by atoms with Crippen molar-refractivity contribution in [1.29, 1.82) is 0 Å². The highest BCUT2D eigenvalue weighted by atomic mass is 35.5. The molecule has 3 aromatic carbocycles. The first-order valence-corrected chi connectivity index (χ1v) is 12.6. The van der Waals surface area contributed by atoms with Crippen LogP contribution in [0.1, 0.15) is 42.5 Å². The van der Waals surface area contributed by atoms with Crippen molar-refractivity contribution in [2.75, 3.05) is 0 Å². The van der Waals surface area contributed by atoms with Gasteiger partial charge in [-0.3, -0.25) is 9.59 Å². The molecule has 0 spiro atoms. The minimum atomic E-state index is -0.711. The van der Waals surface area contributed by atoms with E-state index in [-0.39, 0.29) is 30.8 Å². The van der Waals surface area contributed by atoms with Crippen LogP contribution in [0.25, 0.3) is 0 Å². The number of hydrogen-bond acceptors (Lipinski definition) is 2. The third-order valence-corrected chi connectivity index (χ3v) is 6.55. The summed E-state index contributed by atoms with van der Waals surface area (Å²) in [5.41, 5.74) is 3.85. The lowest BCUT2D eigenvalue weighted by Crippen LogP contribution is -2.51. The molecule has 2 amide bonds. The molecule has 0 fully saturated rings. The Morgan fingerprint density at radius 1 is 0.857 bits per heavy atom. The Bertz CT molecular complexity index is 1110. The molecule has 0 aromatic heterocycles. The summed E-state index contributed by atoms with van der Waals surface area (Å²) in [4.78, 5) is 28.7. The average Bonchev–Trinajstić information content (AvgIpc) is 2.82. The summed E-state index contributed by atoms with van der Waals surface area (Å²) in [5.74, 6) is -0.322. The van der Waals surface area contributed by atoms with Gasteiger partial charge in [0.25, 0.3) is 0 Å². The Morgan fingerprint density at radius 2 is 1.49 bits per heavy atom. The van der Waals surface area contributed by atoms with E-state index in [1.807, 2.05) is 75.4 Å². The molecule has 1 atom stereocenters. The first-order valence-electron chi connectivity index (χ1n) is 11.9. The summed E-state index contributed by atoms with van der Waals surface area (Å²) >= 11 is 12.9. The summed E-state index contributed by atoms with van der Waals surface area (Å²) < 4.78 is 0. The number of nitrogens with zero attached hydrogens (tertiary/aromatic N) is 1. The summed E-state index contributed by atoms with van der Waals surface area (Å²) in [6, 6.07) is 22.4. The maximum absolute atomic E-state index is 13.7. The molecule has 184 valence electrons. The summed E-state index contributed by atoms with van der Waals surface area (Å²) in [6.07, 6.45) is 1.23. The molecule has 0 aliphatic heterocycles. The minimum Gasteiger partial charge on any atom is -0.352 e. The van der Waals surface area contributed by atoms with Gasteiger partial charge in [0.1, 0.15) is 6.04 Å². The van der Waals surface area contributed by atoms with Crippen molar-refractivity contribution in [1.82, 2.24) is 10.2 Å². The molecule has 0 unspecified atom stereocenters. The van der Waals surface area contributed by atoms with Crippen molar-refractivity contribution in [3.05, 3.63) is 105 Å².